The molecule has 3 aromatic rings. The van der Waals surface area contributed by atoms with Gasteiger partial charge < -0.3 is 10.2 Å². The standard InChI is InChI=1S/C19H18Cl2N6O/c1-12-9-16(27(25-12)14-6-4-5-13(20)10-14)23-18(28)17-15(21)11-22-19(24-17)26-7-2-3-8-26/h4-6,9-11H,2-3,7-8H2,1H3,(H,23,28). The quantitative estimate of drug-likeness (QED) is 0.691. The molecule has 4 rings (SSSR count). The Balaban J connectivity index is 1.63. The molecule has 0 radical (unpaired) electrons. The van der Waals surface area contributed by atoms with Crippen LogP contribution in [0.3, 0.4) is 0 Å². The Bertz CT molecular complexity index is 1030. The Morgan fingerprint density at radius 1 is 1.18 bits per heavy atom. The number of halogens is 2. The highest BCUT2D eigenvalue weighted by molar-refractivity contribution is 6.34. The van der Waals surface area contributed by atoms with Gasteiger partial charge in [0.05, 0.1) is 22.6 Å². The Morgan fingerprint density at radius 3 is 2.71 bits per heavy atom. The zero-order valence-electron chi connectivity index (χ0n) is 15.2. The Kier molecular flexibility index (Phi) is 5.19. The minimum atomic E-state index is -0.420. The molecule has 1 aliphatic heterocycles. The fraction of sp³-hybridized carbons (Fsp3) is 0.263. The minimum absolute atomic E-state index is 0.134. The fourth-order valence-corrected chi connectivity index (χ4v) is 3.52. The molecule has 3 heterocycles. The van der Waals surface area contributed by atoms with Crippen molar-refractivity contribution >= 4 is 40.9 Å². The zero-order valence-corrected chi connectivity index (χ0v) is 16.7. The molecule has 0 aliphatic carbocycles. The predicted octanol–water partition coefficient (Wildman–Crippen LogP) is 4.13. The summed E-state index contributed by atoms with van der Waals surface area (Å²) >= 11 is 12.3. The molecule has 0 bridgehead atoms. The number of carbonyl (C=O) groups excluding carboxylic acids is 1. The molecule has 1 saturated heterocycles. The number of anilines is 2. The van der Waals surface area contributed by atoms with Gasteiger partial charge in [-0.25, -0.2) is 14.6 Å². The third-order valence-corrected chi connectivity index (χ3v) is 4.97. The van der Waals surface area contributed by atoms with Crippen molar-refractivity contribution in [1.82, 2.24) is 19.7 Å². The van der Waals surface area contributed by atoms with Crippen LogP contribution in [0.1, 0.15) is 29.0 Å². The highest BCUT2D eigenvalue weighted by atomic mass is 35.5. The molecule has 9 heteroatoms. The van der Waals surface area contributed by atoms with Gasteiger partial charge in [-0.2, -0.15) is 5.10 Å². The summed E-state index contributed by atoms with van der Waals surface area (Å²) in [5, 5.41) is 8.07. The van der Waals surface area contributed by atoms with Gasteiger partial charge in [0.2, 0.25) is 5.95 Å². The molecule has 1 amide bonds. The summed E-state index contributed by atoms with van der Waals surface area (Å²) in [5.74, 6) is 0.602. The third-order valence-electron chi connectivity index (χ3n) is 4.46. The summed E-state index contributed by atoms with van der Waals surface area (Å²) in [5.41, 5.74) is 1.62. The summed E-state index contributed by atoms with van der Waals surface area (Å²) in [6.07, 6.45) is 3.65. The van der Waals surface area contributed by atoms with Crippen LogP contribution in [0, 0.1) is 6.92 Å². The second kappa shape index (κ2) is 7.77. The van der Waals surface area contributed by atoms with Crippen molar-refractivity contribution in [2.45, 2.75) is 19.8 Å². The highest BCUT2D eigenvalue weighted by Gasteiger charge is 2.21. The topological polar surface area (TPSA) is 75.9 Å². The van der Waals surface area contributed by atoms with E-state index in [0.717, 1.165) is 37.3 Å². The summed E-state index contributed by atoms with van der Waals surface area (Å²) < 4.78 is 1.62. The van der Waals surface area contributed by atoms with E-state index in [-0.39, 0.29) is 10.7 Å². The largest absolute Gasteiger partial charge is 0.341 e. The van der Waals surface area contributed by atoms with Gasteiger partial charge in [0.15, 0.2) is 5.69 Å². The van der Waals surface area contributed by atoms with E-state index in [2.05, 4.69) is 20.4 Å². The van der Waals surface area contributed by atoms with Crippen LogP contribution >= 0.6 is 23.2 Å². The lowest BCUT2D eigenvalue weighted by Gasteiger charge is -2.16. The Morgan fingerprint density at radius 2 is 1.96 bits per heavy atom. The molecule has 1 aliphatic rings. The maximum Gasteiger partial charge on any atom is 0.277 e. The molecule has 144 valence electrons. The molecule has 1 aromatic carbocycles. The number of nitrogens with one attached hydrogen (secondary N) is 1. The van der Waals surface area contributed by atoms with Gasteiger partial charge in [-0.15, -0.1) is 0 Å². The van der Waals surface area contributed by atoms with Crippen LogP contribution in [-0.4, -0.2) is 38.7 Å². The molecule has 7 nitrogen and oxygen atoms in total. The third kappa shape index (κ3) is 3.81. The van der Waals surface area contributed by atoms with Crippen LogP contribution in [0.5, 0.6) is 0 Å². The molecule has 0 atom stereocenters. The van der Waals surface area contributed by atoms with E-state index in [1.54, 1.807) is 22.9 Å². The first-order chi connectivity index (χ1) is 13.5. The normalized spacial score (nSPS) is 13.8. The van der Waals surface area contributed by atoms with Crippen LogP contribution in [0.2, 0.25) is 10.0 Å². The van der Waals surface area contributed by atoms with Gasteiger partial charge in [0, 0.05) is 24.2 Å². The first kappa shape index (κ1) is 18.7. The number of aryl methyl sites for hydroxylation is 1. The van der Waals surface area contributed by atoms with Gasteiger partial charge in [-0.05, 0) is 38.0 Å². The van der Waals surface area contributed by atoms with Gasteiger partial charge in [0.1, 0.15) is 5.82 Å². The van der Waals surface area contributed by atoms with Crippen molar-refractivity contribution in [3.8, 4) is 5.69 Å². The zero-order chi connectivity index (χ0) is 19.7. The number of aromatic nitrogens is 4. The first-order valence-electron chi connectivity index (χ1n) is 8.93. The van der Waals surface area contributed by atoms with Crippen molar-refractivity contribution in [3.05, 3.63) is 58.0 Å². The minimum Gasteiger partial charge on any atom is -0.341 e. The smallest absolute Gasteiger partial charge is 0.277 e. The van der Waals surface area contributed by atoms with E-state index in [9.17, 15) is 4.79 Å². The fourth-order valence-electron chi connectivity index (χ4n) is 3.16. The average Bonchev–Trinajstić information content (AvgIpc) is 3.32. The summed E-state index contributed by atoms with van der Waals surface area (Å²) in [6.45, 7) is 3.60. The van der Waals surface area contributed by atoms with Crippen LogP contribution in [0.4, 0.5) is 11.8 Å². The molecule has 28 heavy (non-hydrogen) atoms. The Hall–Kier alpha value is -2.64. The molecule has 2 aromatic heterocycles. The van der Waals surface area contributed by atoms with E-state index >= 15 is 0 Å². The van der Waals surface area contributed by atoms with Crippen molar-refractivity contribution in [2.75, 3.05) is 23.3 Å². The lowest BCUT2D eigenvalue weighted by molar-refractivity contribution is 0.102. The van der Waals surface area contributed by atoms with E-state index in [1.165, 1.54) is 6.20 Å². The van der Waals surface area contributed by atoms with Gasteiger partial charge >= 0.3 is 0 Å². The molecule has 0 spiro atoms. The molecule has 1 N–H and O–H groups in total. The number of hydrogen-bond donors (Lipinski definition) is 1. The summed E-state index contributed by atoms with van der Waals surface area (Å²) in [4.78, 5) is 23.6. The number of hydrogen-bond acceptors (Lipinski definition) is 5. The second-order valence-corrected chi connectivity index (χ2v) is 7.42. The Labute approximate surface area is 172 Å². The van der Waals surface area contributed by atoms with E-state index in [4.69, 9.17) is 23.2 Å². The number of benzene rings is 1. The maximum atomic E-state index is 12.9. The summed E-state index contributed by atoms with van der Waals surface area (Å²) in [7, 11) is 0. The molecule has 0 saturated carbocycles. The number of rotatable bonds is 4. The average molecular weight is 417 g/mol. The first-order valence-corrected chi connectivity index (χ1v) is 9.68. The second-order valence-electron chi connectivity index (χ2n) is 6.58. The number of nitrogens with zero attached hydrogens (tertiary/aromatic N) is 5. The van der Waals surface area contributed by atoms with Crippen molar-refractivity contribution in [1.29, 1.82) is 0 Å². The lowest BCUT2D eigenvalue weighted by atomic mass is 10.3. The van der Waals surface area contributed by atoms with E-state index in [1.807, 2.05) is 24.0 Å². The summed E-state index contributed by atoms with van der Waals surface area (Å²) in [6, 6.07) is 9.00. The van der Waals surface area contributed by atoms with Crippen LogP contribution in [0.15, 0.2) is 36.5 Å². The number of carbonyl (C=O) groups is 1. The lowest BCUT2D eigenvalue weighted by Crippen LogP contribution is -2.23. The van der Waals surface area contributed by atoms with Gasteiger partial charge in [-0.1, -0.05) is 29.3 Å². The van der Waals surface area contributed by atoms with Gasteiger partial charge in [0.25, 0.3) is 5.91 Å². The van der Waals surface area contributed by atoms with Crippen LogP contribution in [-0.2, 0) is 0 Å². The van der Waals surface area contributed by atoms with E-state index in [0.29, 0.717) is 16.8 Å². The van der Waals surface area contributed by atoms with Crippen molar-refractivity contribution < 1.29 is 4.79 Å². The van der Waals surface area contributed by atoms with Crippen LogP contribution in [0.25, 0.3) is 5.69 Å². The van der Waals surface area contributed by atoms with Crippen LogP contribution < -0.4 is 10.2 Å². The molecule has 1 fully saturated rings. The number of amides is 1. The highest BCUT2D eigenvalue weighted by Crippen LogP contribution is 2.23. The van der Waals surface area contributed by atoms with Gasteiger partial charge in [-0.3, -0.25) is 4.79 Å². The molecule has 0 unspecified atom stereocenters. The predicted molar refractivity (Wildman–Crippen MR) is 110 cm³/mol. The molecular weight excluding hydrogens is 399 g/mol. The monoisotopic (exact) mass is 416 g/mol. The van der Waals surface area contributed by atoms with E-state index < -0.39 is 5.91 Å². The van der Waals surface area contributed by atoms with Crippen molar-refractivity contribution in [3.63, 3.8) is 0 Å². The van der Waals surface area contributed by atoms with Crippen molar-refractivity contribution in [2.24, 2.45) is 0 Å². The SMILES string of the molecule is Cc1cc(NC(=O)c2nc(N3CCCC3)ncc2Cl)n(-c2cccc(Cl)c2)n1. The maximum absolute atomic E-state index is 12.9. The molecular formula is C19H18Cl2N6O.